The highest BCUT2D eigenvalue weighted by Gasteiger charge is 2.17. The highest BCUT2D eigenvalue weighted by molar-refractivity contribution is 5.63. The molecule has 12 aromatic rings. The van der Waals surface area contributed by atoms with Gasteiger partial charge in [0.05, 0.1) is 0 Å². The summed E-state index contributed by atoms with van der Waals surface area (Å²) in [6.45, 7) is 13.0. The number of benzene rings is 11. The first-order chi connectivity index (χ1) is 45.6. The molecule has 1 aromatic heterocycles. The third-order valence-electron chi connectivity index (χ3n) is 11.4. The second-order valence-corrected chi connectivity index (χ2v) is 21.7. The number of phenolic OH excluding ortho intramolecular Hbond substituents is 11. The molecule has 0 bridgehead atoms. The zero-order valence-electron chi connectivity index (χ0n) is 53.8. The molecule has 0 unspecified atom stereocenters. The minimum absolute atomic E-state index is 0.0400. The van der Waals surface area contributed by atoms with E-state index in [1.807, 2.05) is 66.7 Å². The maximum absolute atomic E-state index is 9.68. The fraction of sp³-hybridized carbons (Fsp3) is 0.115. The number of aromatic hydroxyl groups is 11. The van der Waals surface area contributed by atoms with Gasteiger partial charge >= 0.3 is 0 Å². The molecular formula is C78H84N6O11. The van der Waals surface area contributed by atoms with Gasteiger partial charge in [-0.2, -0.15) is 15.0 Å². The van der Waals surface area contributed by atoms with Gasteiger partial charge in [-0.15, -0.1) is 0 Å². The van der Waals surface area contributed by atoms with Crippen molar-refractivity contribution in [2.75, 3.05) is 16.0 Å². The minimum Gasteiger partial charge on any atom is -0.508 e. The van der Waals surface area contributed by atoms with E-state index in [1.165, 1.54) is 18.2 Å². The number of hydrogen-bond acceptors (Lipinski definition) is 17. The van der Waals surface area contributed by atoms with Gasteiger partial charge in [0, 0.05) is 41.2 Å². The normalized spacial score (nSPS) is 9.69. The average molecular weight is 1280 g/mol. The summed E-state index contributed by atoms with van der Waals surface area (Å²) in [6.07, 6.45) is 0. The van der Waals surface area contributed by atoms with Crippen LogP contribution in [0.25, 0.3) is 0 Å². The van der Waals surface area contributed by atoms with E-state index >= 15 is 0 Å². The van der Waals surface area contributed by atoms with Gasteiger partial charge in [-0.3, -0.25) is 0 Å². The Morgan fingerprint density at radius 2 is 0.379 bits per heavy atom. The zero-order valence-corrected chi connectivity index (χ0v) is 53.8. The van der Waals surface area contributed by atoms with Crippen LogP contribution in [0.5, 0.6) is 63.2 Å². The Bertz CT molecular complexity index is 3460. The Balaban J connectivity index is 0.000000255. The lowest BCUT2D eigenvalue weighted by molar-refractivity contribution is 0.474. The summed E-state index contributed by atoms with van der Waals surface area (Å²) in [7, 11) is 0. The molecule has 12 rings (SSSR count). The van der Waals surface area contributed by atoms with Crippen LogP contribution in [0.15, 0.2) is 297 Å². The number of para-hydroxylation sites is 5. The Kier molecular flexibility index (Phi) is 33.7. The van der Waals surface area contributed by atoms with Crippen molar-refractivity contribution >= 4 is 34.9 Å². The van der Waals surface area contributed by atoms with Crippen LogP contribution in [0.2, 0.25) is 0 Å². The highest BCUT2D eigenvalue weighted by Crippen LogP contribution is 2.34. The van der Waals surface area contributed by atoms with E-state index < -0.39 is 0 Å². The number of phenols is 11. The molecule has 0 aliphatic heterocycles. The van der Waals surface area contributed by atoms with Crippen LogP contribution in [0, 0.1) is 11.8 Å². The van der Waals surface area contributed by atoms with Crippen molar-refractivity contribution in [1.29, 1.82) is 0 Å². The Labute approximate surface area is 555 Å². The van der Waals surface area contributed by atoms with Crippen LogP contribution in [0.1, 0.15) is 64.2 Å². The molecule has 0 spiro atoms. The largest absolute Gasteiger partial charge is 0.508 e. The summed E-state index contributed by atoms with van der Waals surface area (Å²) in [5.74, 6) is 4.87. The molecule has 0 saturated carbocycles. The van der Waals surface area contributed by atoms with Crippen LogP contribution >= 0.6 is 0 Å². The molecule has 14 N–H and O–H groups in total. The Hall–Kier alpha value is -12.4. The van der Waals surface area contributed by atoms with E-state index in [2.05, 4.69) is 72.4 Å². The highest BCUT2D eigenvalue weighted by atomic mass is 16.3. The van der Waals surface area contributed by atoms with Crippen LogP contribution in [0.3, 0.4) is 0 Å². The molecule has 492 valence electrons. The van der Waals surface area contributed by atoms with Gasteiger partial charge in [0.25, 0.3) is 0 Å². The number of nitrogens with zero attached hydrogens (tertiary/aromatic N) is 3. The molecule has 0 aliphatic rings. The van der Waals surface area contributed by atoms with E-state index in [0.29, 0.717) is 45.8 Å². The average Bonchev–Trinajstić information content (AvgIpc) is 0.852. The molecule has 1 heterocycles. The van der Waals surface area contributed by atoms with E-state index in [-0.39, 0.29) is 58.3 Å². The van der Waals surface area contributed by atoms with Gasteiger partial charge < -0.3 is 72.1 Å². The van der Waals surface area contributed by atoms with Crippen molar-refractivity contribution in [2.45, 2.75) is 47.5 Å². The molecule has 0 radical (unpaired) electrons. The van der Waals surface area contributed by atoms with Crippen molar-refractivity contribution < 1.29 is 56.2 Å². The molecule has 17 nitrogen and oxygen atoms in total. The monoisotopic (exact) mass is 1280 g/mol. The predicted molar refractivity (Wildman–Crippen MR) is 381 cm³/mol. The summed E-state index contributed by atoms with van der Waals surface area (Å²) in [6, 6.07) is 84.4. The molecule has 0 saturated heterocycles. The van der Waals surface area contributed by atoms with Crippen molar-refractivity contribution in [1.82, 2.24) is 15.0 Å². The second-order valence-electron chi connectivity index (χ2n) is 21.7. The van der Waals surface area contributed by atoms with E-state index in [1.54, 1.807) is 212 Å². The summed E-state index contributed by atoms with van der Waals surface area (Å²) < 4.78 is 0. The van der Waals surface area contributed by atoms with Crippen LogP contribution in [0.4, 0.5) is 34.9 Å². The Morgan fingerprint density at radius 1 is 0.211 bits per heavy atom. The van der Waals surface area contributed by atoms with Crippen LogP contribution in [-0.2, 0) is 0 Å². The quantitative estimate of drug-likeness (QED) is 0.0598. The van der Waals surface area contributed by atoms with Gasteiger partial charge in [0.2, 0.25) is 17.8 Å². The van der Waals surface area contributed by atoms with E-state index in [0.717, 1.165) is 28.5 Å². The predicted octanol–water partition coefficient (Wildman–Crippen LogP) is 18.5. The van der Waals surface area contributed by atoms with Crippen molar-refractivity contribution in [3.8, 4) is 63.2 Å². The molecular weight excluding hydrogens is 1200 g/mol. The number of anilines is 6. The topological polar surface area (TPSA) is 297 Å². The summed E-state index contributed by atoms with van der Waals surface area (Å²) >= 11 is 0. The lowest BCUT2D eigenvalue weighted by atomic mass is 9.85. The van der Waals surface area contributed by atoms with Crippen molar-refractivity contribution in [2.24, 2.45) is 11.8 Å². The van der Waals surface area contributed by atoms with Crippen molar-refractivity contribution in [3.63, 3.8) is 0 Å². The second kappa shape index (κ2) is 42.6. The third-order valence-corrected chi connectivity index (χ3v) is 11.4. The van der Waals surface area contributed by atoms with Crippen LogP contribution in [-0.4, -0.2) is 71.1 Å². The first-order valence-electron chi connectivity index (χ1n) is 30.1. The zero-order chi connectivity index (χ0) is 69.2. The van der Waals surface area contributed by atoms with Gasteiger partial charge in [0.15, 0.2) is 0 Å². The summed E-state index contributed by atoms with van der Waals surface area (Å²) in [5.41, 5.74) is 4.84. The fourth-order valence-electron chi connectivity index (χ4n) is 7.40. The SMILES string of the molecule is CC(C)C.CC(C)C.Oc1ccc(C(c2ccc(O)cc2)c2ccc(O)cc2)cc1.Oc1cccc(Nc2nc(Nc3cccc(O)c3)nc(Nc3cccc(O)c3)n2)c1.Oc1ccccc1.Oc1ccccc1.Oc1ccccc1.Oc1ccccc1.Oc1ccccc1. The maximum atomic E-state index is 9.68. The number of rotatable bonds is 9. The third kappa shape index (κ3) is 33.9. The van der Waals surface area contributed by atoms with Crippen molar-refractivity contribution in [3.05, 3.63) is 314 Å². The minimum atomic E-state index is -0.0400. The van der Waals surface area contributed by atoms with E-state index in [4.69, 9.17) is 25.5 Å². The summed E-state index contributed by atoms with van der Waals surface area (Å²) in [5, 5.41) is 110. The molecule has 95 heavy (non-hydrogen) atoms. The lowest BCUT2D eigenvalue weighted by Crippen LogP contribution is -2.07. The summed E-state index contributed by atoms with van der Waals surface area (Å²) in [4.78, 5) is 13.0. The maximum Gasteiger partial charge on any atom is 0.233 e. The molecule has 0 atom stereocenters. The first-order valence-corrected chi connectivity index (χ1v) is 30.1. The van der Waals surface area contributed by atoms with Gasteiger partial charge in [-0.25, -0.2) is 0 Å². The standard InChI is InChI=1S/C21H18N6O3.C19H16O3.5C6H6O.2C4H10/c28-16-7-1-4-13(10-16)22-19-25-20(23-14-5-2-8-17(29)11-14)27-21(26-19)24-15-6-3-9-18(30)12-15;20-16-7-1-13(2-8-16)19(14-3-9-17(21)10-4-14)15-5-11-18(22)12-6-15;5*7-6-4-2-1-3-5-6;2*1-4(2)3/h1-12,28-30H,(H3,22,23,24,25,26,27);1-12,19-22H;5*1-5,7H;2*4H,1-3H3. The molecule has 0 amide bonds. The number of nitrogens with one attached hydrogen (secondary N) is 3. The number of hydrogen-bond donors (Lipinski definition) is 14. The molecule has 11 aromatic carbocycles. The van der Waals surface area contributed by atoms with Gasteiger partial charge in [-0.1, -0.05) is 187 Å². The van der Waals surface area contributed by atoms with E-state index in [9.17, 15) is 30.6 Å². The molecule has 0 fully saturated rings. The van der Waals surface area contributed by atoms with Gasteiger partial charge in [0.1, 0.15) is 63.2 Å². The molecule has 0 aliphatic carbocycles. The van der Waals surface area contributed by atoms with Gasteiger partial charge in [-0.05, 0) is 162 Å². The van der Waals surface area contributed by atoms with Crippen LogP contribution < -0.4 is 16.0 Å². The lowest BCUT2D eigenvalue weighted by Gasteiger charge is -2.19. The smallest absolute Gasteiger partial charge is 0.233 e. The first kappa shape index (κ1) is 75.1. The number of aromatic nitrogens is 3. The fourth-order valence-corrected chi connectivity index (χ4v) is 7.40. The Morgan fingerprint density at radius 3 is 0.537 bits per heavy atom. The molecule has 17 heteroatoms.